The summed E-state index contributed by atoms with van der Waals surface area (Å²) in [5, 5.41) is 0. The molecule has 0 unspecified atom stereocenters. The summed E-state index contributed by atoms with van der Waals surface area (Å²) < 4.78 is 0. The molecule has 2 heterocycles. The third kappa shape index (κ3) is 1.89. The van der Waals surface area contributed by atoms with Gasteiger partial charge in [0, 0.05) is 11.9 Å². The Labute approximate surface area is 90.0 Å². The predicted molar refractivity (Wildman–Crippen MR) is 61.7 cm³/mol. The third-order valence-electron chi connectivity index (χ3n) is 2.60. The molecule has 0 saturated carbocycles. The van der Waals surface area contributed by atoms with Crippen molar-refractivity contribution in [2.24, 2.45) is 0 Å². The van der Waals surface area contributed by atoms with E-state index in [1.807, 2.05) is 19.1 Å². The number of aromatic nitrogens is 2. The van der Waals surface area contributed by atoms with E-state index in [4.69, 9.17) is 0 Å². The number of aryl methyl sites for hydroxylation is 3. The van der Waals surface area contributed by atoms with Crippen molar-refractivity contribution >= 4 is 0 Å². The number of hydrogen-bond acceptors (Lipinski definition) is 2. The first-order valence-electron chi connectivity index (χ1n) is 5.05. The Morgan fingerprint density at radius 2 is 1.73 bits per heavy atom. The van der Waals surface area contributed by atoms with Gasteiger partial charge in [0.15, 0.2) is 0 Å². The van der Waals surface area contributed by atoms with Gasteiger partial charge in [0.25, 0.3) is 0 Å². The Balaban J connectivity index is 2.55. The second kappa shape index (κ2) is 3.81. The summed E-state index contributed by atoms with van der Waals surface area (Å²) in [5.41, 5.74) is 5.37. The standard InChI is InChI=1S/C13H14N2/c1-9-6-7-12(15-11(9)3)13-10(2)5-4-8-14-13/h4-8H,1-3H3. The molecule has 2 rings (SSSR count). The van der Waals surface area contributed by atoms with Crippen LogP contribution >= 0.6 is 0 Å². The highest BCUT2D eigenvalue weighted by atomic mass is 14.8. The predicted octanol–water partition coefficient (Wildman–Crippen LogP) is 3.07. The molecule has 0 aliphatic heterocycles. The molecular formula is C13H14N2. The molecule has 0 aliphatic rings. The summed E-state index contributed by atoms with van der Waals surface area (Å²) in [7, 11) is 0. The topological polar surface area (TPSA) is 25.8 Å². The van der Waals surface area contributed by atoms with Crippen LogP contribution in [0.25, 0.3) is 11.4 Å². The molecule has 0 N–H and O–H groups in total. The first-order chi connectivity index (χ1) is 7.18. The lowest BCUT2D eigenvalue weighted by atomic mass is 10.1. The second-order valence-corrected chi connectivity index (χ2v) is 3.77. The molecule has 0 fully saturated rings. The minimum Gasteiger partial charge on any atom is -0.254 e. The molecule has 0 aliphatic carbocycles. The molecule has 0 radical (unpaired) electrons. The molecule has 0 atom stereocenters. The smallest absolute Gasteiger partial charge is 0.0915 e. The number of hydrogen-bond donors (Lipinski definition) is 0. The van der Waals surface area contributed by atoms with Gasteiger partial charge in [-0.2, -0.15) is 0 Å². The SMILES string of the molecule is Cc1ccc(-c2ncccc2C)nc1C. The molecule has 0 amide bonds. The molecule has 0 bridgehead atoms. The van der Waals surface area contributed by atoms with E-state index < -0.39 is 0 Å². The fraction of sp³-hybridized carbons (Fsp3) is 0.231. The van der Waals surface area contributed by atoms with Crippen LogP contribution in [-0.2, 0) is 0 Å². The van der Waals surface area contributed by atoms with Gasteiger partial charge in [-0.05, 0) is 44.0 Å². The summed E-state index contributed by atoms with van der Waals surface area (Å²) in [6.45, 7) is 6.15. The molecule has 2 heteroatoms. The van der Waals surface area contributed by atoms with Crippen molar-refractivity contribution < 1.29 is 0 Å². The Morgan fingerprint density at radius 1 is 0.933 bits per heavy atom. The molecule has 0 spiro atoms. The van der Waals surface area contributed by atoms with E-state index in [2.05, 4.69) is 35.9 Å². The van der Waals surface area contributed by atoms with E-state index in [1.165, 1.54) is 5.56 Å². The zero-order chi connectivity index (χ0) is 10.8. The highest BCUT2D eigenvalue weighted by Crippen LogP contribution is 2.19. The van der Waals surface area contributed by atoms with Crippen molar-refractivity contribution in [3.05, 3.63) is 47.3 Å². The fourth-order valence-electron chi connectivity index (χ4n) is 1.52. The van der Waals surface area contributed by atoms with Crippen molar-refractivity contribution in [1.29, 1.82) is 0 Å². The van der Waals surface area contributed by atoms with E-state index in [0.717, 1.165) is 22.6 Å². The molecule has 0 saturated heterocycles. The Bertz CT molecular complexity index is 490. The van der Waals surface area contributed by atoms with E-state index in [9.17, 15) is 0 Å². The van der Waals surface area contributed by atoms with Gasteiger partial charge >= 0.3 is 0 Å². The minimum atomic E-state index is 0.955. The quantitative estimate of drug-likeness (QED) is 0.703. The lowest BCUT2D eigenvalue weighted by Crippen LogP contribution is -1.93. The van der Waals surface area contributed by atoms with Gasteiger partial charge in [0.05, 0.1) is 11.4 Å². The Hall–Kier alpha value is -1.70. The monoisotopic (exact) mass is 198 g/mol. The molecule has 2 nitrogen and oxygen atoms in total. The molecule has 2 aromatic heterocycles. The summed E-state index contributed by atoms with van der Waals surface area (Å²) in [6.07, 6.45) is 1.80. The molecular weight excluding hydrogens is 184 g/mol. The van der Waals surface area contributed by atoms with Crippen molar-refractivity contribution in [2.45, 2.75) is 20.8 Å². The van der Waals surface area contributed by atoms with Gasteiger partial charge in [0.2, 0.25) is 0 Å². The second-order valence-electron chi connectivity index (χ2n) is 3.77. The minimum absolute atomic E-state index is 0.955. The average Bonchev–Trinajstić information content (AvgIpc) is 2.23. The summed E-state index contributed by atoms with van der Waals surface area (Å²) in [4.78, 5) is 8.90. The highest BCUT2D eigenvalue weighted by molar-refractivity contribution is 5.58. The number of nitrogens with zero attached hydrogens (tertiary/aromatic N) is 2. The first-order valence-corrected chi connectivity index (χ1v) is 5.05. The van der Waals surface area contributed by atoms with Gasteiger partial charge in [0.1, 0.15) is 0 Å². The van der Waals surface area contributed by atoms with E-state index in [-0.39, 0.29) is 0 Å². The molecule has 0 aromatic carbocycles. The van der Waals surface area contributed by atoms with Crippen molar-refractivity contribution in [2.75, 3.05) is 0 Å². The third-order valence-corrected chi connectivity index (χ3v) is 2.60. The van der Waals surface area contributed by atoms with Crippen LogP contribution in [0.2, 0.25) is 0 Å². The van der Waals surface area contributed by atoms with Crippen molar-refractivity contribution in [1.82, 2.24) is 9.97 Å². The maximum atomic E-state index is 4.54. The van der Waals surface area contributed by atoms with Gasteiger partial charge in [-0.1, -0.05) is 12.1 Å². The van der Waals surface area contributed by atoms with Crippen LogP contribution in [0.15, 0.2) is 30.5 Å². The van der Waals surface area contributed by atoms with Crippen molar-refractivity contribution in [3.8, 4) is 11.4 Å². The summed E-state index contributed by atoms with van der Waals surface area (Å²) >= 11 is 0. The van der Waals surface area contributed by atoms with Gasteiger partial charge < -0.3 is 0 Å². The van der Waals surface area contributed by atoms with Gasteiger partial charge in [-0.25, -0.2) is 0 Å². The average molecular weight is 198 g/mol. The number of pyridine rings is 2. The zero-order valence-corrected chi connectivity index (χ0v) is 9.28. The first kappa shape index (κ1) is 9.84. The van der Waals surface area contributed by atoms with Crippen LogP contribution in [0.1, 0.15) is 16.8 Å². The van der Waals surface area contributed by atoms with Crippen LogP contribution in [0.5, 0.6) is 0 Å². The fourth-order valence-corrected chi connectivity index (χ4v) is 1.52. The number of rotatable bonds is 1. The van der Waals surface area contributed by atoms with Crippen LogP contribution in [0.4, 0.5) is 0 Å². The summed E-state index contributed by atoms with van der Waals surface area (Å²) in [6, 6.07) is 8.11. The van der Waals surface area contributed by atoms with E-state index in [0.29, 0.717) is 0 Å². The molecule has 15 heavy (non-hydrogen) atoms. The maximum Gasteiger partial charge on any atom is 0.0915 e. The summed E-state index contributed by atoms with van der Waals surface area (Å²) in [5.74, 6) is 0. The highest BCUT2D eigenvalue weighted by Gasteiger charge is 2.04. The largest absolute Gasteiger partial charge is 0.254 e. The van der Waals surface area contributed by atoms with E-state index >= 15 is 0 Å². The van der Waals surface area contributed by atoms with Crippen LogP contribution in [0, 0.1) is 20.8 Å². The van der Waals surface area contributed by atoms with Gasteiger partial charge in [-0.3, -0.25) is 9.97 Å². The Morgan fingerprint density at radius 3 is 2.40 bits per heavy atom. The van der Waals surface area contributed by atoms with Crippen molar-refractivity contribution in [3.63, 3.8) is 0 Å². The van der Waals surface area contributed by atoms with Crippen LogP contribution < -0.4 is 0 Å². The molecule has 76 valence electrons. The van der Waals surface area contributed by atoms with Gasteiger partial charge in [-0.15, -0.1) is 0 Å². The molecule has 2 aromatic rings. The van der Waals surface area contributed by atoms with Crippen LogP contribution in [0.3, 0.4) is 0 Å². The zero-order valence-electron chi connectivity index (χ0n) is 9.28. The normalized spacial score (nSPS) is 10.3. The lowest BCUT2D eigenvalue weighted by molar-refractivity contribution is 1.13. The Kier molecular flexibility index (Phi) is 2.50. The van der Waals surface area contributed by atoms with Crippen LogP contribution in [-0.4, -0.2) is 9.97 Å². The lowest BCUT2D eigenvalue weighted by Gasteiger charge is -2.05. The maximum absolute atomic E-state index is 4.54. The van der Waals surface area contributed by atoms with E-state index in [1.54, 1.807) is 6.20 Å².